The molecule has 1 aliphatic rings. The monoisotopic (exact) mass is 405 g/mol. The van der Waals surface area contributed by atoms with Gasteiger partial charge in [-0.2, -0.15) is 4.98 Å². The van der Waals surface area contributed by atoms with Crippen LogP contribution in [-0.2, 0) is 6.54 Å². The van der Waals surface area contributed by atoms with Gasteiger partial charge in [0.05, 0.1) is 7.11 Å². The summed E-state index contributed by atoms with van der Waals surface area (Å²) in [5, 5.41) is 4.13. The Bertz CT molecular complexity index is 991. The molecule has 0 saturated heterocycles. The molecular weight excluding hydrogens is 378 g/mol. The molecule has 3 aromatic rings. The Hall–Kier alpha value is -3.15. The Morgan fingerprint density at radius 1 is 1.13 bits per heavy atom. The summed E-state index contributed by atoms with van der Waals surface area (Å²) in [6, 6.07) is 15.5. The molecule has 1 heterocycles. The van der Waals surface area contributed by atoms with Gasteiger partial charge in [-0.25, -0.2) is 0 Å². The van der Waals surface area contributed by atoms with E-state index in [-0.39, 0.29) is 11.9 Å². The maximum absolute atomic E-state index is 13.4. The highest BCUT2D eigenvalue weighted by Crippen LogP contribution is 2.27. The van der Waals surface area contributed by atoms with Crippen molar-refractivity contribution in [2.45, 2.75) is 51.6 Å². The largest absolute Gasteiger partial charge is 0.497 e. The van der Waals surface area contributed by atoms with Crippen molar-refractivity contribution >= 4 is 5.91 Å². The van der Waals surface area contributed by atoms with E-state index in [1.807, 2.05) is 54.3 Å². The summed E-state index contributed by atoms with van der Waals surface area (Å²) in [5.41, 5.74) is 2.69. The highest BCUT2D eigenvalue weighted by Gasteiger charge is 2.28. The van der Waals surface area contributed by atoms with Crippen LogP contribution in [-0.4, -0.2) is 34.1 Å². The van der Waals surface area contributed by atoms with E-state index in [2.05, 4.69) is 10.1 Å². The molecule has 0 aliphatic heterocycles. The lowest BCUT2D eigenvalue weighted by Crippen LogP contribution is -2.41. The first-order valence-corrected chi connectivity index (χ1v) is 10.5. The van der Waals surface area contributed by atoms with Crippen LogP contribution in [0.4, 0.5) is 0 Å². The Morgan fingerprint density at radius 3 is 2.63 bits per heavy atom. The zero-order valence-corrected chi connectivity index (χ0v) is 17.5. The van der Waals surface area contributed by atoms with Gasteiger partial charge in [0, 0.05) is 17.2 Å². The van der Waals surface area contributed by atoms with E-state index in [4.69, 9.17) is 9.26 Å². The lowest BCUT2D eigenvalue weighted by Gasteiger charge is -2.33. The van der Waals surface area contributed by atoms with Crippen LogP contribution in [0.2, 0.25) is 0 Å². The smallest absolute Gasteiger partial charge is 0.254 e. The van der Waals surface area contributed by atoms with Gasteiger partial charge >= 0.3 is 0 Å². The molecule has 0 radical (unpaired) electrons. The molecule has 0 N–H and O–H groups in total. The summed E-state index contributed by atoms with van der Waals surface area (Å²) in [7, 11) is 1.60. The summed E-state index contributed by atoms with van der Waals surface area (Å²) in [6.45, 7) is 2.34. The topological polar surface area (TPSA) is 68.5 Å². The quantitative estimate of drug-likeness (QED) is 0.575. The van der Waals surface area contributed by atoms with Gasteiger partial charge in [0.25, 0.3) is 5.91 Å². The van der Waals surface area contributed by atoms with Crippen LogP contribution >= 0.6 is 0 Å². The summed E-state index contributed by atoms with van der Waals surface area (Å²) in [4.78, 5) is 19.9. The van der Waals surface area contributed by atoms with Crippen molar-refractivity contribution in [2.75, 3.05) is 7.11 Å². The molecule has 1 aliphatic carbocycles. The molecule has 0 atom stereocenters. The minimum atomic E-state index is -0.0316. The number of aryl methyl sites for hydroxylation is 1. The Kier molecular flexibility index (Phi) is 6.12. The van der Waals surface area contributed by atoms with Crippen LogP contribution in [0.1, 0.15) is 53.9 Å². The van der Waals surface area contributed by atoms with Crippen LogP contribution in [0.15, 0.2) is 53.1 Å². The Morgan fingerprint density at radius 2 is 1.90 bits per heavy atom. The average Bonchev–Trinajstić information content (AvgIpc) is 3.27. The summed E-state index contributed by atoms with van der Waals surface area (Å²) in [6.07, 6.45) is 5.47. The molecular formula is C24H27N3O3. The first-order chi connectivity index (χ1) is 14.6. The van der Waals surface area contributed by atoms with Crippen molar-refractivity contribution in [2.24, 2.45) is 0 Å². The molecule has 6 heteroatoms. The predicted molar refractivity (Wildman–Crippen MR) is 114 cm³/mol. The number of nitrogens with zero attached hydrogens (tertiary/aromatic N) is 3. The first kappa shape index (κ1) is 20.1. The number of amides is 1. The zero-order chi connectivity index (χ0) is 20.9. The number of carbonyl (C=O) groups excluding carboxylic acids is 1. The van der Waals surface area contributed by atoms with Crippen molar-refractivity contribution < 1.29 is 14.1 Å². The van der Waals surface area contributed by atoms with E-state index < -0.39 is 0 Å². The number of aromatic nitrogens is 2. The maximum Gasteiger partial charge on any atom is 0.254 e. The molecule has 2 aromatic carbocycles. The van der Waals surface area contributed by atoms with Gasteiger partial charge in [0.15, 0.2) is 0 Å². The number of benzene rings is 2. The van der Waals surface area contributed by atoms with Gasteiger partial charge in [0.2, 0.25) is 11.7 Å². The molecule has 1 amide bonds. The minimum Gasteiger partial charge on any atom is -0.497 e. The van der Waals surface area contributed by atoms with Crippen molar-refractivity contribution in [1.29, 1.82) is 0 Å². The van der Waals surface area contributed by atoms with Crippen LogP contribution in [0, 0.1) is 6.92 Å². The Labute approximate surface area is 176 Å². The molecule has 0 bridgehead atoms. The second-order valence-corrected chi connectivity index (χ2v) is 7.83. The highest BCUT2D eigenvalue weighted by atomic mass is 16.5. The molecule has 1 fully saturated rings. The predicted octanol–water partition coefficient (Wildman–Crippen LogP) is 5.03. The molecule has 0 unspecified atom stereocenters. The lowest BCUT2D eigenvalue weighted by molar-refractivity contribution is 0.0585. The zero-order valence-electron chi connectivity index (χ0n) is 17.5. The molecule has 1 aromatic heterocycles. The summed E-state index contributed by atoms with van der Waals surface area (Å²) in [5.74, 6) is 1.63. The van der Waals surface area contributed by atoms with Crippen LogP contribution in [0.3, 0.4) is 0 Å². The second-order valence-electron chi connectivity index (χ2n) is 7.83. The van der Waals surface area contributed by atoms with Crippen LogP contribution < -0.4 is 4.74 Å². The molecule has 156 valence electrons. The van der Waals surface area contributed by atoms with Gasteiger partial charge < -0.3 is 14.2 Å². The van der Waals surface area contributed by atoms with Gasteiger partial charge in [-0.05, 0) is 38.0 Å². The molecule has 30 heavy (non-hydrogen) atoms. The van der Waals surface area contributed by atoms with E-state index >= 15 is 0 Å². The fourth-order valence-electron chi connectivity index (χ4n) is 3.97. The fraction of sp³-hybridized carbons (Fsp3) is 0.375. The van der Waals surface area contributed by atoms with E-state index in [1.54, 1.807) is 13.2 Å². The Balaban J connectivity index is 1.58. The normalized spacial score (nSPS) is 14.5. The van der Waals surface area contributed by atoms with Crippen molar-refractivity contribution in [1.82, 2.24) is 15.0 Å². The molecule has 6 nitrogen and oxygen atoms in total. The number of hydrogen-bond donors (Lipinski definition) is 0. The molecule has 4 rings (SSSR count). The average molecular weight is 405 g/mol. The number of hydrogen-bond acceptors (Lipinski definition) is 5. The standard InChI is InChI=1S/C24H27N3O3/c1-17-11-13-18(14-12-17)23-25-22(30-26-23)16-27(20-8-4-3-5-9-20)24(28)19-7-6-10-21(15-19)29-2/h6-7,10-15,20H,3-5,8-9,16H2,1-2H3. The number of ether oxygens (including phenoxy) is 1. The van der Waals surface area contributed by atoms with Crippen molar-refractivity contribution in [3.8, 4) is 17.1 Å². The van der Waals surface area contributed by atoms with Crippen molar-refractivity contribution in [3.63, 3.8) is 0 Å². The lowest BCUT2D eigenvalue weighted by atomic mass is 9.93. The van der Waals surface area contributed by atoms with E-state index in [1.165, 1.54) is 12.0 Å². The first-order valence-electron chi connectivity index (χ1n) is 10.5. The van der Waals surface area contributed by atoms with Gasteiger partial charge in [0.1, 0.15) is 12.3 Å². The third kappa shape index (κ3) is 4.53. The SMILES string of the molecule is COc1cccc(C(=O)N(Cc2nc(-c3ccc(C)cc3)no2)C2CCCCC2)c1. The number of rotatable bonds is 6. The summed E-state index contributed by atoms with van der Waals surface area (Å²) >= 11 is 0. The third-order valence-corrected chi connectivity index (χ3v) is 5.68. The van der Waals surface area contributed by atoms with Crippen LogP contribution in [0.25, 0.3) is 11.4 Å². The van der Waals surface area contributed by atoms with E-state index in [9.17, 15) is 4.79 Å². The van der Waals surface area contributed by atoms with Gasteiger partial charge in [-0.1, -0.05) is 60.3 Å². The van der Waals surface area contributed by atoms with E-state index in [0.29, 0.717) is 29.6 Å². The maximum atomic E-state index is 13.4. The van der Waals surface area contributed by atoms with E-state index in [0.717, 1.165) is 31.2 Å². The van der Waals surface area contributed by atoms with Crippen LogP contribution in [0.5, 0.6) is 5.75 Å². The fourth-order valence-corrected chi connectivity index (χ4v) is 3.97. The number of carbonyl (C=O) groups is 1. The van der Waals surface area contributed by atoms with Crippen molar-refractivity contribution in [3.05, 3.63) is 65.5 Å². The summed E-state index contributed by atoms with van der Waals surface area (Å²) < 4.78 is 10.8. The van der Waals surface area contributed by atoms with Gasteiger partial charge in [-0.15, -0.1) is 0 Å². The van der Waals surface area contributed by atoms with Gasteiger partial charge in [-0.3, -0.25) is 4.79 Å². The highest BCUT2D eigenvalue weighted by molar-refractivity contribution is 5.94. The third-order valence-electron chi connectivity index (χ3n) is 5.68. The second kappa shape index (κ2) is 9.11. The minimum absolute atomic E-state index is 0.0316. The number of methoxy groups -OCH3 is 1. The molecule has 1 saturated carbocycles. The molecule has 0 spiro atoms.